The van der Waals surface area contributed by atoms with Crippen LogP contribution in [-0.2, 0) is 9.59 Å². The van der Waals surface area contributed by atoms with E-state index in [-0.39, 0.29) is 23.8 Å². The van der Waals surface area contributed by atoms with E-state index in [2.05, 4.69) is 5.32 Å². The van der Waals surface area contributed by atoms with Crippen molar-refractivity contribution in [1.82, 2.24) is 10.2 Å². The van der Waals surface area contributed by atoms with Gasteiger partial charge >= 0.3 is 0 Å². The number of hydrogen-bond donors (Lipinski definition) is 2. The summed E-state index contributed by atoms with van der Waals surface area (Å²) in [4.78, 5) is 25.4. The molecule has 2 aliphatic heterocycles. The summed E-state index contributed by atoms with van der Waals surface area (Å²) in [6, 6.07) is -0.148. The lowest BCUT2D eigenvalue weighted by Gasteiger charge is -2.42. The fourth-order valence-electron chi connectivity index (χ4n) is 2.81. The highest BCUT2D eigenvalue weighted by Gasteiger charge is 2.36. The van der Waals surface area contributed by atoms with E-state index in [1.165, 1.54) is 0 Å². The summed E-state index contributed by atoms with van der Waals surface area (Å²) in [5.74, 6) is 0.774. The number of piperidine rings is 2. The summed E-state index contributed by atoms with van der Waals surface area (Å²) in [6.07, 6.45) is 2.32. The van der Waals surface area contributed by atoms with Gasteiger partial charge in [0.2, 0.25) is 11.8 Å². The van der Waals surface area contributed by atoms with Gasteiger partial charge in [-0.1, -0.05) is 13.8 Å². The summed E-state index contributed by atoms with van der Waals surface area (Å²) < 4.78 is 0. The predicted octanol–water partition coefficient (Wildman–Crippen LogP) is 0.0968. The van der Waals surface area contributed by atoms with Crippen LogP contribution in [0.2, 0.25) is 0 Å². The minimum absolute atomic E-state index is 0.0559. The highest BCUT2D eigenvalue weighted by atomic mass is 16.2. The summed E-state index contributed by atoms with van der Waals surface area (Å²) >= 11 is 0. The van der Waals surface area contributed by atoms with Gasteiger partial charge in [-0.25, -0.2) is 0 Å². The second-order valence-electron chi connectivity index (χ2n) is 5.82. The molecule has 0 saturated carbocycles. The van der Waals surface area contributed by atoms with Gasteiger partial charge in [0, 0.05) is 25.6 Å². The molecule has 2 heterocycles. The number of nitrogens with zero attached hydrogens (tertiary/aromatic N) is 1. The van der Waals surface area contributed by atoms with Crippen LogP contribution < -0.4 is 11.1 Å². The molecule has 0 radical (unpaired) electrons. The van der Waals surface area contributed by atoms with Crippen LogP contribution in [0.25, 0.3) is 0 Å². The lowest BCUT2D eigenvalue weighted by Crippen LogP contribution is -2.57. The number of rotatable bonds is 2. The van der Waals surface area contributed by atoms with E-state index in [9.17, 15) is 9.59 Å². The van der Waals surface area contributed by atoms with E-state index in [4.69, 9.17) is 5.73 Å². The van der Waals surface area contributed by atoms with Crippen LogP contribution in [0, 0.1) is 11.8 Å². The molecule has 2 rings (SSSR count). The third-order valence-corrected chi connectivity index (χ3v) is 4.14. The van der Waals surface area contributed by atoms with E-state index >= 15 is 0 Å². The number of likely N-dealkylation sites (tertiary alicyclic amines) is 1. The Bertz CT molecular complexity index is 343. The number of hydrogen-bond acceptors (Lipinski definition) is 3. The monoisotopic (exact) mass is 253 g/mol. The van der Waals surface area contributed by atoms with Gasteiger partial charge < -0.3 is 16.0 Å². The quantitative estimate of drug-likeness (QED) is 0.732. The van der Waals surface area contributed by atoms with Gasteiger partial charge in [-0.05, 0) is 24.7 Å². The molecule has 102 valence electrons. The third-order valence-electron chi connectivity index (χ3n) is 4.14. The molecule has 3 N–H and O–H groups in total. The highest BCUT2D eigenvalue weighted by Crippen LogP contribution is 2.25. The Morgan fingerprint density at radius 1 is 1.44 bits per heavy atom. The van der Waals surface area contributed by atoms with Crippen molar-refractivity contribution in [2.45, 2.75) is 45.2 Å². The van der Waals surface area contributed by atoms with Crippen molar-refractivity contribution < 1.29 is 9.59 Å². The maximum Gasteiger partial charge on any atom is 0.239 e. The summed E-state index contributed by atoms with van der Waals surface area (Å²) in [5.41, 5.74) is 5.92. The number of fused-ring (bicyclic) bond motifs is 1. The molecule has 5 nitrogen and oxygen atoms in total. The van der Waals surface area contributed by atoms with Crippen LogP contribution >= 0.6 is 0 Å². The van der Waals surface area contributed by atoms with Gasteiger partial charge in [0.15, 0.2) is 0 Å². The molecule has 0 aliphatic carbocycles. The number of carbonyl (C=O) groups excluding carboxylic acids is 2. The molecule has 2 saturated heterocycles. The molecule has 3 atom stereocenters. The first-order chi connectivity index (χ1) is 8.49. The fourth-order valence-corrected chi connectivity index (χ4v) is 2.81. The molecule has 0 bridgehead atoms. The number of nitrogens with two attached hydrogens (primary N) is 1. The molecule has 2 amide bonds. The zero-order valence-electron chi connectivity index (χ0n) is 11.2. The fraction of sp³-hybridized carbons (Fsp3) is 0.846. The van der Waals surface area contributed by atoms with Gasteiger partial charge in [0.05, 0.1) is 6.04 Å². The molecule has 5 heteroatoms. The van der Waals surface area contributed by atoms with E-state index in [1.807, 2.05) is 18.7 Å². The number of amides is 2. The van der Waals surface area contributed by atoms with Crippen LogP contribution in [0.5, 0.6) is 0 Å². The van der Waals surface area contributed by atoms with Gasteiger partial charge in [-0.3, -0.25) is 9.59 Å². The summed E-state index contributed by atoms with van der Waals surface area (Å²) in [7, 11) is 0. The molecular formula is C13H23N3O2. The normalized spacial score (nSPS) is 29.8. The predicted molar refractivity (Wildman–Crippen MR) is 68.7 cm³/mol. The first-order valence-corrected chi connectivity index (χ1v) is 6.82. The van der Waals surface area contributed by atoms with Crippen molar-refractivity contribution in [3.8, 4) is 0 Å². The molecule has 0 spiro atoms. The molecule has 2 aliphatic rings. The Morgan fingerprint density at radius 3 is 2.83 bits per heavy atom. The summed E-state index contributed by atoms with van der Waals surface area (Å²) in [6.45, 7) is 5.39. The lowest BCUT2D eigenvalue weighted by atomic mass is 9.84. The summed E-state index contributed by atoms with van der Waals surface area (Å²) in [5, 5.41) is 3.02. The van der Waals surface area contributed by atoms with Crippen LogP contribution in [-0.4, -0.2) is 41.9 Å². The Labute approximate surface area is 108 Å². The third kappa shape index (κ3) is 2.66. The molecular weight excluding hydrogens is 230 g/mol. The molecule has 0 aromatic carbocycles. The number of carbonyl (C=O) groups is 2. The van der Waals surface area contributed by atoms with Gasteiger partial charge in [0.25, 0.3) is 0 Å². The minimum Gasteiger partial charge on any atom is -0.353 e. The van der Waals surface area contributed by atoms with Crippen molar-refractivity contribution in [3.05, 3.63) is 0 Å². The van der Waals surface area contributed by atoms with Crippen molar-refractivity contribution in [1.29, 1.82) is 0 Å². The van der Waals surface area contributed by atoms with E-state index in [0.29, 0.717) is 18.9 Å². The number of nitrogens with one attached hydrogen (secondary N) is 1. The second kappa shape index (κ2) is 5.26. The smallest absolute Gasteiger partial charge is 0.239 e. The minimum atomic E-state index is -0.403. The zero-order chi connectivity index (χ0) is 13.3. The van der Waals surface area contributed by atoms with E-state index in [1.54, 1.807) is 0 Å². The topological polar surface area (TPSA) is 75.4 Å². The van der Waals surface area contributed by atoms with Crippen LogP contribution in [0.15, 0.2) is 0 Å². The Morgan fingerprint density at radius 2 is 2.17 bits per heavy atom. The first-order valence-electron chi connectivity index (χ1n) is 6.82. The van der Waals surface area contributed by atoms with E-state index < -0.39 is 6.04 Å². The molecule has 18 heavy (non-hydrogen) atoms. The van der Waals surface area contributed by atoms with E-state index in [0.717, 1.165) is 19.4 Å². The Balaban J connectivity index is 1.95. The molecule has 0 aromatic heterocycles. The van der Waals surface area contributed by atoms with Crippen LogP contribution in [0.3, 0.4) is 0 Å². The maximum atomic E-state index is 12.2. The van der Waals surface area contributed by atoms with Gasteiger partial charge in [0.1, 0.15) is 0 Å². The Kier molecular flexibility index (Phi) is 3.90. The van der Waals surface area contributed by atoms with Gasteiger partial charge in [-0.2, -0.15) is 0 Å². The van der Waals surface area contributed by atoms with Crippen molar-refractivity contribution >= 4 is 11.8 Å². The average molecular weight is 253 g/mol. The van der Waals surface area contributed by atoms with Crippen LogP contribution in [0.1, 0.15) is 33.1 Å². The highest BCUT2D eigenvalue weighted by molar-refractivity contribution is 5.82. The van der Waals surface area contributed by atoms with Crippen molar-refractivity contribution in [2.24, 2.45) is 17.6 Å². The van der Waals surface area contributed by atoms with Crippen molar-refractivity contribution in [2.75, 3.05) is 13.1 Å². The SMILES string of the molecule is CC(C)[C@H](N)C(=O)N1CCC2NC(=O)CCC2C1. The standard InChI is InChI=1S/C13H23N3O2/c1-8(2)12(14)13(18)16-6-5-10-9(7-16)3-4-11(17)15-10/h8-10,12H,3-7,14H2,1-2H3,(H,15,17)/t9?,10?,12-/m0/s1. The van der Waals surface area contributed by atoms with Crippen molar-refractivity contribution in [3.63, 3.8) is 0 Å². The molecule has 2 fully saturated rings. The van der Waals surface area contributed by atoms with Crippen LogP contribution in [0.4, 0.5) is 0 Å². The zero-order valence-corrected chi connectivity index (χ0v) is 11.2. The largest absolute Gasteiger partial charge is 0.353 e. The average Bonchev–Trinajstić information content (AvgIpc) is 2.36. The Hall–Kier alpha value is -1.10. The maximum absolute atomic E-state index is 12.2. The molecule has 0 aromatic rings. The van der Waals surface area contributed by atoms with Gasteiger partial charge in [-0.15, -0.1) is 0 Å². The molecule has 2 unspecified atom stereocenters. The second-order valence-corrected chi connectivity index (χ2v) is 5.82. The first kappa shape index (κ1) is 13.3. The lowest BCUT2D eigenvalue weighted by molar-refractivity contribution is -0.137.